The summed E-state index contributed by atoms with van der Waals surface area (Å²) >= 11 is 0. The van der Waals surface area contributed by atoms with Crippen LogP contribution in [0.1, 0.15) is 13.8 Å². The van der Waals surface area contributed by atoms with E-state index in [4.69, 9.17) is 0 Å². The Morgan fingerprint density at radius 1 is 0.900 bits per heavy atom. The monoisotopic (exact) mass is 289 g/mol. The van der Waals surface area contributed by atoms with Crippen LogP contribution in [0.4, 0.5) is 0 Å². The van der Waals surface area contributed by atoms with Gasteiger partial charge in [0.2, 0.25) is 10.0 Å². The minimum Gasteiger partial charge on any atom is -0.207 e. The van der Waals surface area contributed by atoms with Gasteiger partial charge in [0, 0.05) is 18.7 Å². The molecule has 106 valence electrons. The highest BCUT2D eigenvalue weighted by molar-refractivity contribution is 7.89. The van der Waals surface area contributed by atoms with E-state index < -0.39 is 10.0 Å². The van der Waals surface area contributed by atoms with Crippen LogP contribution in [0.25, 0.3) is 11.1 Å². The van der Waals surface area contributed by atoms with Gasteiger partial charge in [-0.1, -0.05) is 48.5 Å². The molecule has 0 aliphatic carbocycles. The molecule has 0 atom stereocenters. The van der Waals surface area contributed by atoms with Crippen LogP contribution >= 0.6 is 0 Å². The van der Waals surface area contributed by atoms with Crippen molar-refractivity contribution in [2.75, 3.05) is 7.05 Å². The highest BCUT2D eigenvalue weighted by atomic mass is 32.2. The molecule has 0 aromatic heterocycles. The molecule has 0 saturated heterocycles. The largest absolute Gasteiger partial charge is 0.243 e. The highest BCUT2D eigenvalue weighted by Crippen LogP contribution is 2.29. The van der Waals surface area contributed by atoms with E-state index in [-0.39, 0.29) is 6.04 Å². The molecule has 20 heavy (non-hydrogen) atoms. The molecule has 2 aromatic rings. The molecule has 2 rings (SSSR count). The minimum atomic E-state index is -3.48. The molecule has 0 aliphatic rings. The second-order valence-electron chi connectivity index (χ2n) is 4.98. The van der Waals surface area contributed by atoms with Gasteiger partial charge in [-0.2, -0.15) is 4.31 Å². The summed E-state index contributed by atoms with van der Waals surface area (Å²) in [4.78, 5) is 0.349. The van der Waals surface area contributed by atoms with Crippen LogP contribution < -0.4 is 0 Å². The first kappa shape index (κ1) is 14.8. The van der Waals surface area contributed by atoms with Crippen LogP contribution in [0.2, 0.25) is 0 Å². The number of rotatable bonds is 4. The fraction of sp³-hybridized carbons (Fsp3) is 0.250. The van der Waals surface area contributed by atoms with Crippen molar-refractivity contribution in [1.82, 2.24) is 4.31 Å². The lowest BCUT2D eigenvalue weighted by molar-refractivity contribution is 0.411. The Balaban J connectivity index is 2.60. The zero-order chi connectivity index (χ0) is 14.8. The fourth-order valence-electron chi connectivity index (χ4n) is 1.98. The van der Waals surface area contributed by atoms with Crippen molar-refractivity contribution in [1.29, 1.82) is 0 Å². The number of hydrogen-bond donors (Lipinski definition) is 0. The number of benzene rings is 2. The predicted octanol–water partition coefficient (Wildman–Crippen LogP) is 3.38. The topological polar surface area (TPSA) is 37.4 Å². The third-order valence-corrected chi connectivity index (χ3v) is 5.45. The molecule has 0 aliphatic heterocycles. The van der Waals surface area contributed by atoms with Gasteiger partial charge in [-0.05, 0) is 25.5 Å². The van der Waals surface area contributed by atoms with Crippen molar-refractivity contribution in [3.05, 3.63) is 54.6 Å². The molecule has 0 saturated carbocycles. The van der Waals surface area contributed by atoms with Crippen LogP contribution in [0, 0.1) is 0 Å². The normalized spacial score (nSPS) is 12.1. The van der Waals surface area contributed by atoms with Gasteiger partial charge in [-0.25, -0.2) is 8.42 Å². The number of nitrogens with zero attached hydrogens (tertiary/aromatic N) is 1. The smallest absolute Gasteiger partial charge is 0.207 e. The average Bonchev–Trinajstić information content (AvgIpc) is 2.47. The quantitative estimate of drug-likeness (QED) is 0.865. The van der Waals surface area contributed by atoms with E-state index in [2.05, 4.69) is 0 Å². The van der Waals surface area contributed by atoms with Crippen LogP contribution in [-0.4, -0.2) is 25.8 Å². The lowest BCUT2D eigenvalue weighted by Crippen LogP contribution is -2.33. The minimum absolute atomic E-state index is 0.0798. The van der Waals surface area contributed by atoms with Gasteiger partial charge >= 0.3 is 0 Å². The fourth-order valence-corrected chi connectivity index (χ4v) is 3.56. The van der Waals surface area contributed by atoms with Gasteiger partial charge in [0.25, 0.3) is 0 Å². The number of hydrogen-bond acceptors (Lipinski definition) is 2. The Bertz CT molecular complexity index is 679. The molecule has 3 nitrogen and oxygen atoms in total. The molecule has 0 fully saturated rings. The molecular formula is C16H19NO2S. The predicted molar refractivity (Wildman–Crippen MR) is 82.0 cm³/mol. The van der Waals surface area contributed by atoms with Crippen LogP contribution in [0.15, 0.2) is 59.5 Å². The second kappa shape index (κ2) is 5.77. The number of sulfonamides is 1. The Morgan fingerprint density at radius 3 is 2.05 bits per heavy atom. The summed E-state index contributed by atoms with van der Waals surface area (Å²) in [5, 5.41) is 0. The van der Waals surface area contributed by atoms with Gasteiger partial charge in [0.05, 0.1) is 4.90 Å². The van der Waals surface area contributed by atoms with Crippen LogP contribution in [0.3, 0.4) is 0 Å². The lowest BCUT2D eigenvalue weighted by Gasteiger charge is -2.22. The summed E-state index contributed by atoms with van der Waals surface area (Å²) in [5.74, 6) is 0. The molecule has 4 heteroatoms. The highest BCUT2D eigenvalue weighted by Gasteiger charge is 2.25. The Hall–Kier alpha value is -1.65. The SMILES string of the molecule is CC(C)N(C)S(=O)(=O)c1ccccc1-c1ccccc1. The summed E-state index contributed by atoms with van der Waals surface area (Å²) in [6.07, 6.45) is 0. The van der Waals surface area contributed by atoms with E-state index >= 15 is 0 Å². The summed E-state index contributed by atoms with van der Waals surface area (Å²) < 4.78 is 26.8. The maximum absolute atomic E-state index is 12.7. The first-order chi connectivity index (χ1) is 9.44. The Morgan fingerprint density at radius 2 is 1.45 bits per heavy atom. The zero-order valence-electron chi connectivity index (χ0n) is 11.9. The van der Waals surface area contributed by atoms with Gasteiger partial charge in [-0.15, -0.1) is 0 Å². The van der Waals surface area contributed by atoms with Crippen molar-refractivity contribution >= 4 is 10.0 Å². The zero-order valence-corrected chi connectivity index (χ0v) is 12.8. The second-order valence-corrected chi connectivity index (χ2v) is 6.94. The van der Waals surface area contributed by atoms with E-state index in [1.807, 2.05) is 56.3 Å². The Kier molecular flexibility index (Phi) is 4.26. The summed E-state index contributed by atoms with van der Waals surface area (Å²) in [6.45, 7) is 3.73. The molecule has 0 spiro atoms. The maximum atomic E-state index is 12.7. The summed E-state index contributed by atoms with van der Waals surface area (Å²) in [6, 6.07) is 16.6. The third kappa shape index (κ3) is 2.76. The van der Waals surface area contributed by atoms with Gasteiger partial charge < -0.3 is 0 Å². The van der Waals surface area contributed by atoms with E-state index in [0.717, 1.165) is 11.1 Å². The standard InChI is InChI=1S/C16H19NO2S/c1-13(2)17(3)20(18,19)16-12-8-7-11-15(16)14-9-5-4-6-10-14/h4-13H,1-3H3. The van der Waals surface area contributed by atoms with Crippen molar-refractivity contribution in [3.8, 4) is 11.1 Å². The Labute approximate surface area is 120 Å². The van der Waals surface area contributed by atoms with Gasteiger partial charge in [-0.3, -0.25) is 0 Å². The molecule has 0 N–H and O–H groups in total. The molecule has 0 bridgehead atoms. The molecule has 0 radical (unpaired) electrons. The van der Waals surface area contributed by atoms with Crippen molar-refractivity contribution in [2.24, 2.45) is 0 Å². The van der Waals surface area contributed by atoms with Gasteiger partial charge in [0.15, 0.2) is 0 Å². The van der Waals surface area contributed by atoms with Crippen molar-refractivity contribution in [2.45, 2.75) is 24.8 Å². The van der Waals surface area contributed by atoms with E-state index in [1.165, 1.54) is 4.31 Å². The molecule has 2 aromatic carbocycles. The molecule has 0 heterocycles. The van der Waals surface area contributed by atoms with E-state index in [0.29, 0.717) is 4.90 Å². The molecular weight excluding hydrogens is 270 g/mol. The molecule has 0 amide bonds. The van der Waals surface area contributed by atoms with Crippen LogP contribution in [-0.2, 0) is 10.0 Å². The van der Waals surface area contributed by atoms with E-state index in [1.54, 1.807) is 19.2 Å². The summed E-state index contributed by atoms with van der Waals surface area (Å²) in [7, 11) is -1.87. The first-order valence-electron chi connectivity index (χ1n) is 6.57. The van der Waals surface area contributed by atoms with E-state index in [9.17, 15) is 8.42 Å². The third-order valence-electron chi connectivity index (χ3n) is 3.36. The average molecular weight is 289 g/mol. The summed E-state index contributed by atoms with van der Waals surface area (Å²) in [5.41, 5.74) is 1.64. The van der Waals surface area contributed by atoms with Crippen molar-refractivity contribution in [3.63, 3.8) is 0 Å². The lowest BCUT2D eigenvalue weighted by atomic mass is 10.1. The maximum Gasteiger partial charge on any atom is 0.243 e. The van der Waals surface area contributed by atoms with Crippen molar-refractivity contribution < 1.29 is 8.42 Å². The molecule has 0 unspecified atom stereocenters. The van der Waals surface area contributed by atoms with Crippen LogP contribution in [0.5, 0.6) is 0 Å². The van der Waals surface area contributed by atoms with Gasteiger partial charge in [0.1, 0.15) is 0 Å². The first-order valence-corrected chi connectivity index (χ1v) is 8.01.